The van der Waals surface area contributed by atoms with Crippen LogP contribution in [0.1, 0.15) is 43.2 Å². The number of carbonyl (C=O) groups excluding carboxylic acids is 2. The lowest BCUT2D eigenvalue weighted by atomic mass is 9.97. The van der Waals surface area contributed by atoms with Gasteiger partial charge in [0.25, 0.3) is 5.91 Å². The summed E-state index contributed by atoms with van der Waals surface area (Å²) in [6.45, 7) is 4.33. The van der Waals surface area contributed by atoms with Crippen molar-refractivity contribution in [1.29, 1.82) is 0 Å². The zero-order valence-corrected chi connectivity index (χ0v) is 20.0. The van der Waals surface area contributed by atoms with Gasteiger partial charge in [-0.2, -0.15) is 5.10 Å². The van der Waals surface area contributed by atoms with Gasteiger partial charge in [0.2, 0.25) is 5.91 Å². The van der Waals surface area contributed by atoms with E-state index in [1.807, 2.05) is 16.0 Å². The van der Waals surface area contributed by atoms with E-state index in [4.69, 9.17) is 4.99 Å². The van der Waals surface area contributed by atoms with Crippen LogP contribution in [0, 0.1) is 18.8 Å². The van der Waals surface area contributed by atoms with Crippen molar-refractivity contribution in [2.75, 3.05) is 19.6 Å². The number of nitrogens with one attached hydrogen (secondary N) is 1. The topological polar surface area (TPSA) is 81.7 Å². The molecule has 3 heterocycles. The maximum absolute atomic E-state index is 13.4. The number of rotatable bonds is 5. The molecule has 3 aromatic rings. The molecular formula is C28H29N5O2. The summed E-state index contributed by atoms with van der Waals surface area (Å²) in [6.07, 6.45) is 6.55. The molecule has 7 rings (SSSR count). The van der Waals surface area contributed by atoms with Crippen molar-refractivity contribution >= 4 is 28.6 Å². The first kappa shape index (κ1) is 20.9. The summed E-state index contributed by atoms with van der Waals surface area (Å²) in [7, 11) is 0. The molecule has 3 fully saturated rings. The van der Waals surface area contributed by atoms with E-state index in [0.717, 1.165) is 78.6 Å². The van der Waals surface area contributed by atoms with Crippen LogP contribution in [0.4, 0.5) is 0 Å². The minimum absolute atomic E-state index is 0.145. The predicted octanol–water partition coefficient (Wildman–Crippen LogP) is 3.92. The van der Waals surface area contributed by atoms with Crippen molar-refractivity contribution in [3.8, 4) is 11.1 Å². The van der Waals surface area contributed by atoms with Crippen LogP contribution >= 0.6 is 0 Å². The summed E-state index contributed by atoms with van der Waals surface area (Å²) in [6, 6.07) is 12.7. The van der Waals surface area contributed by atoms with Crippen molar-refractivity contribution in [1.82, 2.24) is 20.0 Å². The Hall–Kier alpha value is -3.48. The third kappa shape index (κ3) is 3.48. The summed E-state index contributed by atoms with van der Waals surface area (Å²) < 4.78 is 0. The summed E-state index contributed by atoms with van der Waals surface area (Å²) in [5.74, 6) is 1.83. The average Bonchev–Trinajstić information content (AvgIpc) is 3.74. The zero-order valence-electron chi connectivity index (χ0n) is 20.0. The van der Waals surface area contributed by atoms with Crippen molar-refractivity contribution in [3.63, 3.8) is 0 Å². The number of hydrogen-bond donors (Lipinski definition) is 1. The number of aliphatic imine (C=N–C) groups is 1. The molecular weight excluding hydrogens is 438 g/mol. The highest BCUT2D eigenvalue weighted by Crippen LogP contribution is 2.46. The number of benzene rings is 2. The van der Waals surface area contributed by atoms with E-state index in [-0.39, 0.29) is 11.8 Å². The number of aromatic nitrogens is 2. The fourth-order valence-corrected chi connectivity index (χ4v) is 5.76. The van der Waals surface area contributed by atoms with Gasteiger partial charge in [-0.3, -0.25) is 24.6 Å². The van der Waals surface area contributed by atoms with E-state index in [1.165, 1.54) is 5.56 Å². The molecule has 1 atom stereocenters. The van der Waals surface area contributed by atoms with Crippen LogP contribution in [-0.4, -0.2) is 62.8 Å². The maximum atomic E-state index is 13.4. The number of likely N-dealkylation sites (tertiary alicyclic amines) is 1. The van der Waals surface area contributed by atoms with Crippen LogP contribution in [0.5, 0.6) is 0 Å². The standard InChI is InChI=1S/C28H29N5O2/c1-17-12-21(4-6-23(17)20-5-7-24-22(13-20)14-29-31-24)25-30-28(9-10-28)27(35)33(25)16-18-8-11-32(15-18)26(34)19-2-3-19/h4-7,12-14,18-19H,2-3,8-11,15-16H2,1H3,(H,29,31)/t18-/m1/s1. The number of aromatic amines is 1. The molecule has 2 aromatic carbocycles. The van der Waals surface area contributed by atoms with Gasteiger partial charge in [0.15, 0.2) is 0 Å². The Balaban J connectivity index is 1.15. The molecule has 1 N–H and O–H groups in total. The molecule has 2 saturated carbocycles. The minimum atomic E-state index is -0.531. The Morgan fingerprint density at radius 1 is 1.11 bits per heavy atom. The molecule has 1 saturated heterocycles. The fraction of sp³-hybridized carbons (Fsp3) is 0.429. The van der Waals surface area contributed by atoms with Gasteiger partial charge in [-0.25, -0.2) is 0 Å². The second-order valence-corrected chi connectivity index (χ2v) is 10.8. The Bertz CT molecular complexity index is 1400. The van der Waals surface area contributed by atoms with Gasteiger partial charge < -0.3 is 4.90 Å². The quantitative estimate of drug-likeness (QED) is 0.618. The first-order chi connectivity index (χ1) is 17.0. The van der Waals surface area contributed by atoms with Crippen molar-refractivity contribution in [3.05, 3.63) is 53.7 Å². The number of hydrogen-bond acceptors (Lipinski definition) is 4. The zero-order chi connectivity index (χ0) is 23.7. The highest BCUT2D eigenvalue weighted by Gasteiger charge is 2.57. The molecule has 1 spiro atoms. The molecule has 0 radical (unpaired) electrons. The smallest absolute Gasteiger partial charge is 0.256 e. The number of fused-ring (bicyclic) bond motifs is 1. The van der Waals surface area contributed by atoms with Crippen LogP contribution < -0.4 is 0 Å². The minimum Gasteiger partial charge on any atom is -0.342 e. The van der Waals surface area contributed by atoms with Crippen molar-refractivity contribution < 1.29 is 9.59 Å². The van der Waals surface area contributed by atoms with Crippen molar-refractivity contribution in [2.24, 2.45) is 16.8 Å². The van der Waals surface area contributed by atoms with Gasteiger partial charge in [0.1, 0.15) is 11.4 Å². The Morgan fingerprint density at radius 2 is 1.94 bits per heavy atom. The fourth-order valence-electron chi connectivity index (χ4n) is 5.76. The van der Waals surface area contributed by atoms with Gasteiger partial charge in [0.05, 0.1) is 11.7 Å². The lowest BCUT2D eigenvalue weighted by Crippen LogP contribution is -2.41. The number of amides is 2. The van der Waals surface area contributed by atoms with Crippen LogP contribution in [0.3, 0.4) is 0 Å². The second-order valence-electron chi connectivity index (χ2n) is 10.8. The van der Waals surface area contributed by atoms with Crippen molar-refractivity contribution in [2.45, 2.75) is 44.6 Å². The van der Waals surface area contributed by atoms with E-state index >= 15 is 0 Å². The normalized spacial score (nSPS) is 22.9. The van der Waals surface area contributed by atoms with E-state index < -0.39 is 5.54 Å². The van der Waals surface area contributed by atoms with E-state index in [0.29, 0.717) is 18.4 Å². The molecule has 2 aliphatic heterocycles. The second kappa shape index (κ2) is 7.51. The summed E-state index contributed by atoms with van der Waals surface area (Å²) >= 11 is 0. The monoisotopic (exact) mass is 467 g/mol. The molecule has 1 aromatic heterocycles. The van der Waals surface area contributed by atoms with Gasteiger partial charge in [-0.15, -0.1) is 0 Å². The summed E-state index contributed by atoms with van der Waals surface area (Å²) in [5.41, 5.74) is 4.96. The molecule has 35 heavy (non-hydrogen) atoms. The Kier molecular flexibility index (Phi) is 4.47. The van der Waals surface area contributed by atoms with Gasteiger partial charge >= 0.3 is 0 Å². The molecule has 0 unspecified atom stereocenters. The highest BCUT2D eigenvalue weighted by molar-refractivity contribution is 6.16. The number of nitrogens with zero attached hydrogens (tertiary/aromatic N) is 4. The summed E-state index contributed by atoms with van der Waals surface area (Å²) in [5, 5.41) is 8.22. The number of aryl methyl sites for hydroxylation is 1. The van der Waals surface area contributed by atoms with Crippen LogP contribution in [-0.2, 0) is 9.59 Å². The van der Waals surface area contributed by atoms with E-state index in [2.05, 4.69) is 53.5 Å². The first-order valence-corrected chi connectivity index (χ1v) is 12.8. The molecule has 7 nitrogen and oxygen atoms in total. The molecule has 178 valence electrons. The van der Waals surface area contributed by atoms with Gasteiger partial charge in [-0.05, 0) is 79.8 Å². The van der Waals surface area contributed by atoms with Crippen LogP contribution in [0.2, 0.25) is 0 Å². The maximum Gasteiger partial charge on any atom is 0.256 e. The lowest BCUT2D eigenvalue weighted by molar-refractivity contribution is -0.131. The van der Waals surface area contributed by atoms with E-state index in [1.54, 1.807) is 0 Å². The van der Waals surface area contributed by atoms with Gasteiger partial charge in [0, 0.05) is 36.5 Å². The van der Waals surface area contributed by atoms with Crippen LogP contribution in [0.15, 0.2) is 47.6 Å². The summed E-state index contributed by atoms with van der Waals surface area (Å²) in [4.78, 5) is 34.8. The molecule has 7 heteroatoms. The largest absolute Gasteiger partial charge is 0.342 e. The third-order valence-electron chi connectivity index (χ3n) is 8.14. The highest BCUT2D eigenvalue weighted by atomic mass is 16.2. The van der Waals surface area contributed by atoms with Gasteiger partial charge in [-0.1, -0.05) is 18.2 Å². The first-order valence-electron chi connectivity index (χ1n) is 12.8. The lowest BCUT2D eigenvalue weighted by Gasteiger charge is -2.24. The molecule has 4 aliphatic rings. The molecule has 0 bridgehead atoms. The average molecular weight is 468 g/mol. The molecule has 2 aliphatic carbocycles. The Morgan fingerprint density at radius 3 is 2.71 bits per heavy atom. The number of amidine groups is 1. The SMILES string of the molecule is Cc1cc(C2=NC3(CC3)C(=O)N2C[C@@H]2CCN(C(=O)C3CC3)C2)ccc1-c1ccc2[nH]ncc2c1. The predicted molar refractivity (Wildman–Crippen MR) is 134 cm³/mol. The number of carbonyl (C=O) groups is 2. The number of H-pyrrole nitrogens is 1. The Labute approximate surface area is 204 Å². The third-order valence-corrected chi connectivity index (χ3v) is 8.14. The van der Waals surface area contributed by atoms with E-state index in [9.17, 15) is 9.59 Å². The molecule has 2 amide bonds. The van der Waals surface area contributed by atoms with Crippen LogP contribution in [0.25, 0.3) is 22.0 Å².